The van der Waals surface area contributed by atoms with Gasteiger partial charge in [-0.3, -0.25) is 13.9 Å². The minimum absolute atomic E-state index is 0.0159. The van der Waals surface area contributed by atoms with Crippen LogP contribution in [0.15, 0.2) is 46.1 Å². The summed E-state index contributed by atoms with van der Waals surface area (Å²) in [5, 5.41) is 2.10. The number of aryl methyl sites for hydroxylation is 2. The molecule has 1 aromatic heterocycles. The Morgan fingerprint density at radius 3 is 2.32 bits per heavy atom. The van der Waals surface area contributed by atoms with Crippen molar-refractivity contribution < 1.29 is 17.6 Å². The van der Waals surface area contributed by atoms with Crippen LogP contribution in [0.5, 0.6) is 0 Å². The van der Waals surface area contributed by atoms with Gasteiger partial charge in [-0.15, -0.1) is 0 Å². The molecule has 0 unspecified atom stereocenters. The number of hydrogen-bond acceptors (Lipinski definition) is 4. The Morgan fingerprint density at radius 2 is 1.68 bits per heavy atom. The Labute approximate surface area is 179 Å². The number of anilines is 1. The van der Waals surface area contributed by atoms with Gasteiger partial charge in [-0.1, -0.05) is 25.3 Å². The molecular formula is C22H24FN3O4S. The number of aromatic nitrogens is 2. The third-order valence-corrected chi connectivity index (χ3v) is 8.31. The molecule has 3 aromatic rings. The lowest BCUT2D eigenvalue weighted by Gasteiger charge is -2.23. The van der Waals surface area contributed by atoms with Gasteiger partial charge in [0.1, 0.15) is 5.82 Å². The fourth-order valence-corrected chi connectivity index (χ4v) is 6.24. The summed E-state index contributed by atoms with van der Waals surface area (Å²) in [5.41, 5.74) is 0.816. The van der Waals surface area contributed by atoms with E-state index in [2.05, 4.69) is 5.32 Å². The lowest BCUT2D eigenvalue weighted by molar-refractivity contribution is 0.102. The largest absolute Gasteiger partial charge is 0.328 e. The van der Waals surface area contributed by atoms with Crippen molar-refractivity contribution in [1.29, 1.82) is 0 Å². The normalized spacial score (nSPS) is 15.3. The van der Waals surface area contributed by atoms with Crippen LogP contribution < -0.4 is 11.0 Å². The predicted octanol–water partition coefficient (Wildman–Crippen LogP) is 3.37. The zero-order chi connectivity index (χ0) is 22.3. The standard InChI is InChI=1S/C22H24FN3O4S/c1-25-18-12-17(24-21(27)14-7-6-8-15(23)11-14)20(13-19(18)26(2)22(25)28)31(29,30)16-9-4-3-5-10-16/h6-8,11-13,16H,3-5,9-10H2,1-2H3,(H,24,27). The van der Waals surface area contributed by atoms with E-state index in [-0.39, 0.29) is 21.8 Å². The first-order valence-corrected chi connectivity index (χ1v) is 11.7. The molecule has 0 saturated heterocycles. The Bertz CT molecular complexity index is 1330. The van der Waals surface area contributed by atoms with E-state index in [0.29, 0.717) is 23.9 Å². The molecule has 7 nitrogen and oxygen atoms in total. The van der Waals surface area contributed by atoms with Crippen molar-refractivity contribution in [2.24, 2.45) is 14.1 Å². The van der Waals surface area contributed by atoms with E-state index in [9.17, 15) is 22.4 Å². The van der Waals surface area contributed by atoms with Crippen LogP contribution >= 0.6 is 0 Å². The Kier molecular flexibility index (Phi) is 5.47. The molecule has 0 spiro atoms. The van der Waals surface area contributed by atoms with Crippen molar-refractivity contribution >= 4 is 32.5 Å². The molecule has 1 heterocycles. The molecule has 0 aliphatic heterocycles. The highest BCUT2D eigenvalue weighted by atomic mass is 32.2. The SMILES string of the molecule is Cn1c(=O)n(C)c2cc(S(=O)(=O)C3CCCCC3)c(NC(=O)c3cccc(F)c3)cc21. The van der Waals surface area contributed by atoms with Gasteiger partial charge in [-0.05, 0) is 43.2 Å². The minimum Gasteiger partial charge on any atom is -0.321 e. The fraction of sp³-hybridized carbons (Fsp3) is 0.364. The molecule has 1 amide bonds. The van der Waals surface area contributed by atoms with Crippen molar-refractivity contribution in [2.75, 3.05) is 5.32 Å². The summed E-state index contributed by atoms with van der Waals surface area (Å²) in [6.45, 7) is 0. The second-order valence-corrected chi connectivity index (χ2v) is 10.2. The van der Waals surface area contributed by atoms with E-state index in [1.807, 2.05) is 0 Å². The van der Waals surface area contributed by atoms with Crippen molar-refractivity contribution in [3.63, 3.8) is 0 Å². The first-order valence-electron chi connectivity index (χ1n) is 10.2. The Hall–Kier alpha value is -2.94. The van der Waals surface area contributed by atoms with Crippen LogP contribution in [0.3, 0.4) is 0 Å². The molecule has 0 bridgehead atoms. The molecule has 1 fully saturated rings. The van der Waals surface area contributed by atoms with Crippen molar-refractivity contribution in [3.8, 4) is 0 Å². The van der Waals surface area contributed by atoms with E-state index in [4.69, 9.17) is 0 Å². The maximum Gasteiger partial charge on any atom is 0.328 e. The van der Waals surface area contributed by atoms with E-state index in [1.165, 1.54) is 39.5 Å². The monoisotopic (exact) mass is 445 g/mol. The zero-order valence-corrected chi connectivity index (χ0v) is 18.2. The Balaban J connectivity index is 1.87. The number of carbonyl (C=O) groups is 1. The van der Waals surface area contributed by atoms with Crippen molar-refractivity contribution in [2.45, 2.75) is 42.2 Å². The van der Waals surface area contributed by atoms with Crippen LogP contribution in [0.4, 0.5) is 10.1 Å². The smallest absolute Gasteiger partial charge is 0.321 e. The van der Waals surface area contributed by atoms with Gasteiger partial charge in [-0.2, -0.15) is 0 Å². The molecule has 1 N–H and O–H groups in total. The van der Waals surface area contributed by atoms with Crippen LogP contribution in [0, 0.1) is 5.82 Å². The first kappa shape index (κ1) is 21.3. The quantitative estimate of drug-likeness (QED) is 0.667. The molecule has 2 aromatic carbocycles. The summed E-state index contributed by atoms with van der Waals surface area (Å²) in [6.07, 6.45) is 3.79. The van der Waals surface area contributed by atoms with Crippen molar-refractivity contribution in [1.82, 2.24) is 9.13 Å². The number of sulfone groups is 1. The lowest BCUT2D eigenvalue weighted by atomic mass is 10.0. The van der Waals surface area contributed by atoms with Gasteiger partial charge in [0.2, 0.25) is 0 Å². The third kappa shape index (κ3) is 3.78. The second kappa shape index (κ2) is 7.96. The number of amides is 1. The summed E-state index contributed by atoms with van der Waals surface area (Å²) < 4.78 is 43.4. The average Bonchev–Trinajstić information content (AvgIpc) is 2.97. The van der Waals surface area contributed by atoms with E-state index in [0.717, 1.165) is 25.3 Å². The number of rotatable bonds is 4. The molecule has 164 valence electrons. The Morgan fingerprint density at radius 1 is 1.03 bits per heavy atom. The molecule has 1 aliphatic rings. The van der Waals surface area contributed by atoms with Gasteiger partial charge >= 0.3 is 5.69 Å². The second-order valence-electron chi connectivity index (χ2n) is 8.01. The van der Waals surface area contributed by atoms with E-state index in [1.54, 1.807) is 14.1 Å². The number of nitrogens with one attached hydrogen (secondary N) is 1. The highest BCUT2D eigenvalue weighted by Gasteiger charge is 2.32. The highest BCUT2D eigenvalue weighted by molar-refractivity contribution is 7.92. The number of fused-ring (bicyclic) bond motifs is 1. The maximum absolute atomic E-state index is 13.6. The summed E-state index contributed by atoms with van der Waals surface area (Å²) >= 11 is 0. The number of nitrogens with zero attached hydrogens (tertiary/aromatic N) is 2. The topological polar surface area (TPSA) is 90.2 Å². The number of halogens is 1. The summed E-state index contributed by atoms with van der Waals surface area (Å²) in [6, 6.07) is 8.13. The number of imidazole rings is 1. The molecule has 9 heteroatoms. The van der Waals surface area contributed by atoms with Crippen LogP contribution in [-0.4, -0.2) is 28.7 Å². The third-order valence-electron chi connectivity index (χ3n) is 6.01. The first-order chi connectivity index (χ1) is 14.7. The summed E-state index contributed by atoms with van der Waals surface area (Å²) in [7, 11) is -0.596. The van der Waals surface area contributed by atoms with E-state index >= 15 is 0 Å². The number of hydrogen-bond donors (Lipinski definition) is 1. The molecule has 1 saturated carbocycles. The van der Waals surface area contributed by atoms with E-state index < -0.39 is 26.8 Å². The molecule has 31 heavy (non-hydrogen) atoms. The lowest BCUT2D eigenvalue weighted by Crippen LogP contribution is -2.25. The van der Waals surface area contributed by atoms with Crippen LogP contribution in [0.25, 0.3) is 11.0 Å². The molecule has 0 radical (unpaired) electrons. The number of benzene rings is 2. The van der Waals surface area contributed by atoms with Gasteiger partial charge in [-0.25, -0.2) is 17.6 Å². The molecule has 1 aliphatic carbocycles. The summed E-state index contributed by atoms with van der Waals surface area (Å²) in [5.74, 6) is -1.19. The minimum atomic E-state index is -3.75. The van der Waals surface area contributed by atoms with Gasteiger partial charge < -0.3 is 5.32 Å². The van der Waals surface area contributed by atoms with Crippen LogP contribution in [-0.2, 0) is 23.9 Å². The van der Waals surface area contributed by atoms with Crippen LogP contribution in [0.2, 0.25) is 0 Å². The fourth-order valence-electron chi connectivity index (χ4n) is 4.24. The van der Waals surface area contributed by atoms with Gasteiger partial charge in [0.25, 0.3) is 5.91 Å². The molecule has 4 rings (SSSR count). The van der Waals surface area contributed by atoms with Crippen molar-refractivity contribution in [3.05, 3.63) is 58.3 Å². The zero-order valence-electron chi connectivity index (χ0n) is 17.4. The molecular weight excluding hydrogens is 421 g/mol. The van der Waals surface area contributed by atoms with Gasteiger partial charge in [0.05, 0.1) is 26.9 Å². The molecule has 0 atom stereocenters. The predicted molar refractivity (Wildman–Crippen MR) is 117 cm³/mol. The average molecular weight is 446 g/mol. The van der Waals surface area contributed by atoms with Crippen LogP contribution in [0.1, 0.15) is 42.5 Å². The summed E-state index contributed by atoms with van der Waals surface area (Å²) in [4.78, 5) is 25.1. The maximum atomic E-state index is 13.6. The highest BCUT2D eigenvalue weighted by Crippen LogP contribution is 2.35. The number of carbonyl (C=O) groups excluding carboxylic acids is 1. The van der Waals surface area contributed by atoms with Gasteiger partial charge in [0.15, 0.2) is 9.84 Å². The van der Waals surface area contributed by atoms with Gasteiger partial charge in [0, 0.05) is 19.7 Å².